The van der Waals surface area contributed by atoms with Crippen molar-refractivity contribution in [2.45, 2.75) is 19.8 Å². The van der Waals surface area contributed by atoms with Gasteiger partial charge in [0.25, 0.3) is 5.91 Å². The number of amides is 1. The van der Waals surface area contributed by atoms with Gasteiger partial charge in [-0.3, -0.25) is 4.79 Å². The molecule has 104 valence electrons. The van der Waals surface area contributed by atoms with Gasteiger partial charge >= 0.3 is 0 Å². The van der Waals surface area contributed by atoms with E-state index in [1.807, 2.05) is 24.9 Å². The molecule has 2 rings (SSSR count). The highest BCUT2D eigenvalue weighted by molar-refractivity contribution is 5.97. The summed E-state index contributed by atoms with van der Waals surface area (Å²) in [7, 11) is 1.98. The number of primary amides is 1. The highest BCUT2D eigenvalue weighted by atomic mass is 16.1. The Labute approximate surface area is 114 Å². The number of aryl methyl sites for hydroxylation is 1. The number of pyridine rings is 1. The molecule has 3 N–H and O–H groups in total. The average Bonchev–Trinajstić information content (AvgIpc) is 2.39. The lowest BCUT2D eigenvalue weighted by molar-refractivity contribution is 0.100. The van der Waals surface area contributed by atoms with Crippen molar-refractivity contribution >= 4 is 11.7 Å². The Bertz CT molecular complexity index is 455. The Morgan fingerprint density at radius 3 is 3.00 bits per heavy atom. The molecule has 1 aromatic rings. The van der Waals surface area contributed by atoms with E-state index in [1.165, 1.54) is 12.8 Å². The number of anilines is 1. The molecule has 0 spiro atoms. The Balaban J connectivity index is 2.14. The normalized spacial score (nSPS) is 19.2. The monoisotopic (exact) mass is 262 g/mol. The number of carbonyl (C=O) groups is 1. The van der Waals surface area contributed by atoms with E-state index in [0.717, 1.165) is 25.3 Å². The van der Waals surface area contributed by atoms with Gasteiger partial charge in [-0.2, -0.15) is 0 Å². The molecule has 1 aliphatic heterocycles. The number of hydrogen-bond acceptors (Lipinski definition) is 4. The van der Waals surface area contributed by atoms with Crippen LogP contribution in [0.2, 0.25) is 0 Å². The number of piperidine rings is 1. The molecular weight excluding hydrogens is 240 g/mol. The summed E-state index contributed by atoms with van der Waals surface area (Å²) < 4.78 is 0. The van der Waals surface area contributed by atoms with E-state index in [9.17, 15) is 4.79 Å². The third-order valence-corrected chi connectivity index (χ3v) is 3.57. The lowest BCUT2D eigenvalue weighted by Crippen LogP contribution is -2.37. The first-order valence-electron chi connectivity index (χ1n) is 6.77. The predicted molar refractivity (Wildman–Crippen MR) is 76.4 cm³/mol. The topological polar surface area (TPSA) is 71.2 Å². The molecule has 0 aromatic carbocycles. The van der Waals surface area contributed by atoms with Crippen LogP contribution in [0.25, 0.3) is 0 Å². The van der Waals surface area contributed by atoms with Gasteiger partial charge in [0.1, 0.15) is 5.82 Å². The molecule has 0 saturated carbocycles. The van der Waals surface area contributed by atoms with Crippen molar-refractivity contribution in [3.8, 4) is 0 Å². The molecule has 2 heterocycles. The van der Waals surface area contributed by atoms with Crippen LogP contribution < -0.4 is 16.0 Å². The maximum atomic E-state index is 11.5. The summed E-state index contributed by atoms with van der Waals surface area (Å²) in [5.41, 5.74) is 6.81. The zero-order valence-electron chi connectivity index (χ0n) is 11.6. The summed E-state index contributed by atoms with van der Waals surface area (Å²) in [4.78, 5) is 18.0. The van der Waals surface area contributed by atoms with Gasteiger partial charge in [-0.25, -0.2) is 4.98 Å². The fourth-order valence-electron chi connectivity index (χ4n) is 2.58. The van der Waals surface area contributed by atoms with E-state index in [-0.39, 0.29) is 0 Å². The van der Waals surface area contributed by atoms with Crippen molar-refractivity contribution in [3.05, 3.63) is 23.4 Å². The summed E-state index contributed by atoms with van der Waals surface area (Å²) in [5, 5.41) is 3.40. The number of nitrogens with one attached hydrogen (secondary N) is 1. The van der Waals surface area contributed by atoms with Crippen LogP contribution in [0.5, 0.6) is 0 Å². The molecule has 19 heavy (non-hydrogen) atoms. The van der Waals surface area contributed by atoms with Crippen LogP contribution >= 0.6 is 0 Å². The van der Waals surface area contributed by atoms with Crippen molar-refractivity contribution < 1.29 is 4.79 Å². The summed E-state index contributed by atoms with van der Waals surface area (Å²) >= 11 is 0. The maximum Gasteiger partial charge on any atom is 0.252 e. The van der Waals surface area contributed by atoms with Crippen LogP contribution in [0.3, 0.4) is 0 Å². The molecule has 0 bridgehead atoms. The Morgan fingerprint density at radius 1 is 1.58 bits per heavy atom. The van der Waals surface area contributed by atoms with Gasteiger partial charge < -0.3 is 16.0 Å². The summed E-state index contributed by atoms with van der Waals surface area (Å²) in [6, 6.07) is 3.58. The lowest BCUT2D eigenvalue weighted by Gasteiger charge is -2.29. The molecule has 1 unspecified atom stereocenters. The standard InChI is InChI=1S/C14H22N4O/c1-10-5-6-12(13(15)19)14(17-10)18(2)9-11-4-3-7-16-8-11/h5-6,11,16H,3-4,7-9H2,1-2H3,(H2,15,19). The van der Waals surface area contributed by atoms with Gasteiger partial charge in [0, 0.05) is 19.3 Å². The van der Waals surface area contributed by atoms with Crippen LogP contribution in [0.1, 0.15) is 28.9 Å². The number of hydrogen-bond donors (Lipinski definition) is 2. The van der Waals surface area contributed by atoms with Gasteiger partial charge in [-0.05, 0) is 50.9 Å². The van der Waals surface area contributed by atoms with Gasteiger partial charge in [0.2, 0.25) is 0 Å². The van der Waals surface area contributed by atoms with Crippen molar-refractivity contribution in [2.24, 2.45) is 11.7 Å². The Hall–Kier alpha value is -1.62. The van der Waals surface area contributed by atoms with Crippen LogP contribution in [0, 0.1) is 12.8 Å². The number of nitrogens with zero attached hydrogens (tertiary/aromatic N) is 2. The van der Waals surface area contributed by atoms with Crippen molar-refractivity contribution in [3.63, 3.8) is 0 Å². The van der Waals surface area contributed by atoms with Crippen molar-refractivity contribution in [1.29, 1.82) is 0 Å². The largest absolute Gasteiger partial charge is 0.365 e. The molecule has 1 atom stereocenters. The second kappa shape index (κ2) is 6.02. The summed E-state index contributed by atoms with van der Waals surface area (Å²) in [6.45, 7) is 4.95. The number of aromatic nitrogens is 1. The zero-order chi connectivity index (χ0) is 13.8. The zero-order valence-corrected chi connectivity index (χ0v) is 11.6. The maximum absolute atomic E-state index is 11.5. The molecule has 1 fully saturated rings. The van der Waals surface area contributed by atoms with Crippen LogP contribution in [0.4, 0.5) is 5.82 Å². The smallest absolute Gasteiger partial charge is 0.252 e. The van der Waals surface area contributed by atoms with E-state index in [2.05, 4.69) is 10.3 Å². The highest BCUT2D eigenvalue weighted by Gasteiger charge is 2.19. The Kier molecular flexibility index (Phi) is 4.37. The fourth-order valence-corrected chi connectivity index (χ4v) is 2.58. The van der Waals surface area contributed by atoms with Crippen LogP contribution in [0.15, 0.2) is 12.1 Å². The number of carbonyl (C=O) groups excluding carboxylic acids is 1. The third kappa shape index (κ3) is 3.44. The number of rotatable bonds is 4. The van der Waals surface area contributed by atoms with Crippen LogP contribution in [-0.4, -0.2) is 37.6 Å². The van der Waals surface area contributed by atoms with Gasteiger partial charge in [-0.15, -0.1) is 0 Å². The van der Waals surface area contributed by atoms with E-state index < -0.39 is 5.91 Å². The van der Waals surface area contributed by atoms with Crippen molar-refractivity contribution in [1.82, 2.24) is 10.3 Å². The first kappa shape index (κ1) is 13.8. The molecule has 0 radical (unpaired) electrons. The summed E-state index contributed by atoms with van der Waals surface area (Å²) in [5.74, 6) is 0.871. The minimum atomic E-state index is -0.420. The summed E-state index contributed by atoms with van der Waals surface area (Å²) in [6.07, 6.45) is 2.43. The molecule has 5 heteroatoms. The van der Waals surface area contributed by atoms with Gasteiger partial charge in [0.05, 0.1) is 5.56 Å². The van der Waals surface area contributed by atoms with E-state index >= 15 is 0 Å². The molecule has 1 saturated heterocycles. The number of nitrogens with two attached hydrogens (primary N) is 1. The fraction of sp³-hybridized carbons (Fsp3) is 0.571. The molecular formula is C14H22N4O. The molecule has 5 nitrogen and oxygen atoms in total. The second-order valence-corrected chi connectivity index (χ2v) is 5.28. The first-order valence-corrected chi connectivity index (χ1v) is 6.77. The average molecular weight is 262 g/mol. The quantitative estimate of drug-likeness (QED) is 0.846. The minimum Gasteiger partial charge on any atom is -0.365 e. The molecule has 1 aliphatic rings. The molecule has 1 aromatic heterocycles. The predicted octanol–water partition coefficient (Wildman–Crippen LogP) is 0.925. The van der Waals surface area contributed by atoms with Crippen LogP contribution in [-0.2, 0) is 0 Å². The third-order valence-electron chi connectivity index (χ3n) is 3.57. The molecule has 1 amide bonds. The molecule has 0 aliphatic carbocycles. The van der Waals surface area contributed by atoms with Gasteiger partial charge in [0.15, 0.2) is 0 Å². The SMILES string of the molecule is Cc1ccc(C(N)=O)c(N(C)CC2CCCNC2)n1. The second-order valence-electron chi connectivity index (χ2n) is 5.28. The minimum absolute atomic E-state index is 0.420. The Morgan fingerprint density at radius 2 is 2.37 bits per heavy atom. The van der Waals surface area contributed by atoms with E-state index in [1.54, 1.807) is 6.07 Å². The highest BCUT2D eigenvalue weighted by Crippen LogP contribution is 2.20. The van der Waals surface area contributed by atoms with E-state index in [4.69, 9.17) is 5.73 Å². The van der Waals surface area contributed by atoms with E-state index in [0.29, 0.717) is 17.3 Å². The first-order chi connectivity index (χ1) is 9.08. The van der Waals surface area contributed by atoms with Gasteiger partial charge in [-0.1, -0.05) is 0 Å². The van der Waals surface area contributed by atoms with Crippen molar-refractivity contribution in [2.75, 3.05) is 31.6 Å². The lowest BCUT2D eigenvalue weighted by atomic mass is 9.99.